The van der Waals surface area contributed by atoms with Crippen LogP contribution in [0.1, 0.15) is 35.2 Å². The number of nitrogens with zero attached hydrogens (tertiary/aromatic N) is 2. The van der Waals surface area contributed by atoms with E-state index in [2.05, 4.69) is 4.98 Å². The number of carbonyl (C=O) groups excluding carboxylic acids is 1. The number of pyridine rings is 1. The van der Waals surface area contributed by atoms with Gasteiger partial charge in [-0.15, -0.1) is 0 Å². The van der Waals surface area contributed by atoms with Crippen molar-refractivity contribution in [1.82, 2.24) is 9.88 Å². The highest BCUT2D eigenvalue weighted by atomic mass is 16.5. The van der Waals surface area contributed by atoms with Crippen LogP contribution in [0.3, 0.4) is 0 Å². The van der Waals surface area contributed by atoms with E-state index in [0.29, 0.717) is 18.8 Å². The maximum atomic E-state index is 12.4. The van der Waals surface area contributed by atoms with Crippen LogP contribution in [0.15, 0.2) is 47.5 Å². The summed E-state index contributed by atoms with van der Waals surface area (Å²) in [5.41, 5.74) is 1.95. The second-order valence-electron chi connectivity index (χ2n) is 7.31. The number of carbonyl (C=O) groups is 1. The summed E-state index contributed by atoms with van der Waals surface area (Å²) in [7, 11) is 0. The first-order valence-corrected chi connectivity index (χ1v) is 9.14. The van der Waals surface area contributed by atoms with Gasteiger partial charge in [0, 0.05) is 25.5 Å². The second-order valence-corrected chi connectivity index (χ2v) is 7.31. The zero-order valence-corrected chi connectivity index (χ0v) is 14.8. The summed E-state index contributed by atoms with van der Waals surface area (Å²) in [5, 5.41) is 0. The van der Waals surface area contributed by atoms with Gasteiger partial charge in [-0.3, -0.25) is 9.78 Å². The van der Waals surface area contributed by atoms with Gasteiger partial charge in [0.2, 0.25) is 0 Å². The Morgan fingerprint density at radius 2 is 2.08 bits per heavy atom. The Kier molecular flexibility index (Phi) is 5.04. The summed E-state index contributed by atoms with van der Waals surface area (Å²) >= 11 is 0. The monoisotopic (exact) mass is 356 g/mol. The summed E-state index contributed by atoms with van der Waals surface area (Å²) in [6.45, 7) is 3.52. The van der Waals surface area contributed by atoms with Crippen LogP contribution in [-0.2, 0) is 16.1 Å². The SMILES string of the molecule is O=C(c1ccoc1)N1CCC2(CC1)CO[C@H](COCc1ccncc1)C2. The number of likely N-dealkylation sites (tertiary alicyclic amines) is 1. The number of amides is 1. The molecular weight excluding hydrogens is 332 g/mol. The quantitative estimate of drug-likeness (QED) is 0.824. The maximum absolute atomic E-state index is 12.4. The number of hydrogen-bond donors (Lipinski definition) is 0. The molecule has 1 spiro atoms. The van der Waals surface area contributed by atoms with Crippen molar-refractivity contribution in [2.75, 3.05) is 26.3 Å². The van der Waals surface area contributed by atoms with Crippen molar-refractivity contribution >= 4 is 5.91 Å². The van der Waals surface area contributed by atoms with Crippen LogP contribution >= 0.6 is 0 Å². The summed E-state index contributed by atoms with van der Waals surface area (Å²) in [5.74, 6) is 0.0600. The third-order valence-corrected chi connectivity index (χ3v) is 5.49. The molecule has 2 fully saturated rings. The standard InChI is InChI=1S/C20H24N2O4/c23-19(17-3-10-24-13-17)22-8-4-20(5-9-22)11-18(26-15-20)14-25-12-16-1-6-21-7-2-16/h1-3,6-7,10,13,18H,4-5,8-9,11-12,14-15H2/t18-/m0/s1. The first-order chi connectivity index (χ1) is 12.7. The smallest absolute Gasteiger partial charge is 0.257 e. The molecule has 2 aliphatic heterocycles. The van der Waals surface area contributed by atoms with Gasteiger partial charge in [0.25, 0.3) is 5.91 Å². The van der Waals surface area contributed by atoms with E-state index in [1.807, 2.05) is 17.0 Å². The average molecular weight is 356 g/mol. The highest BCUT2D eigenvalue weighted by Crippen LogP contribution is 2.42. The normalized spacial score (nSPS) is 22.0. The van der Waals surface area contributed by atoms with Crippen molar-refractivity contribution in [2.45, 2.75) is 32.0 Å². The van der Waals surface area contributed by atoms with Crippen molar-refractivity contribution in [1.29, 1.82) is 0 Å². The minimum absolute atomic E-state index is 0.0600. The molecule has 0 bridgehead atoms. The van der Waals surface area contributed by atoms with E-state index in [1.165, 1.54) is 6.26 Å². The third kappa shape index (κ3) is 3.81. The van der Waals surface area contributed by atoms with Gasteiger partial charge in [-0.25, -0.2) is 0 Å². The average Bonchev–Trinajstić information content (AvgIpc) is 3.34. The fraction of sp³-hybridized carbons (Fsp3) is 0.500. The molecule has 4 rings (SSSR count). The van der Waals surface area contributed by atoms with Gasteiger partial charge in [0.1, 0.15) is 6.26 Å². The van der Waals surface area contributed by atoms with Crippen LogP contribution < -0.4 is 0 Å². The Hall–Kier alpha value is -2.18. The van der Waals surface area contributed by atoms with Crippen LogP contribution in [0.5, 0.6) is 0 Å². The topological polar surface area (TPSA) is 64.8 Å². The molecule has 1 atom stereocenters. The summed E-state index contributed by atoms with van der Waals surface area (Å²) in [6, 6.07) is 5.65. The van der Waals surface area contributed by atoms with Crippen LogP contribution in [-0.4, -0.2) is 48.2 Å². The molecule has 138 valence electrons. The molecule has 0 saturated carbocycles. The minimum atomic E-state index is 0.0600. The van der Waals surface area contributed by atoms with Crippen molar-refractivity contribution < 1.29 is 18.7 Å². The van der Waals surface area contributed by atoms with E-state index in [9.17, 15) is 4.79 Å². The summed E-state index contributed by atoms with van der Waals surface area (Å²) in [4.78, 5) is 18.3. The summed E-state index contributed by atoms with van der Waals surface area (Å²) in [6.07, 6.45) is 9.73. The van der Waals surface area contributed by atoms with E-state index in [1.54, 1.807) is 24.7 Å². The molecule has 1 amide bonds. The molecule has 2 saturated heterocycles. The van der Waals surface area contributed by atoms with Crippen LogP contribution in [0.25, 0.3) is 0 Å². The lowest BCUT2D eigenvalue weighted by atomic mass is 9.76. The molecule has 0 unspecified atom stereocenters. The van der Waals surface area contributed by atoms with Gasteiger partial charge in [-0.1, -0.05) is 0 Å². The molecule has 2 aliphatic rings. The number of furan rings is 1. The van der Waals surface area contributed by atoms with E-state index in [4.69, 9.17) is 13.9 Å². The fourth-order valence-electron chi connectivity index (χ4n) is 3.89. The third-order valence-electron chi connectivity index (χ3n) is 5.49. The number of hydrogen-bond acceptors (Lipinski definition) is 5. The lowest BCUT2D eigenvalue weighted by Crippen LogP contribution is -2.43. The second kappa shape index (κ2) is 7.60. The number of ether oxygens (including phenoxy) is 2. The van der Waals surface area contributed by atoms with Gasteiger partial charge >= 0.3 is 0 Å². The Morgan fingerprint density at radius 1 is 1.27 bits per heavy atom. The van der Waals surface area contributed by atoms with Crippen molar-refractivity contribution in [3.05, 3.63) is 54.2 Å². The predicted octanol–water partition coefficient (Wildman–Crippen LogP) is 2.90. The van der Waals surface area contributed by atoms with E-state index < -0.39 is 0 Å². The van der Waals surface area contributed by atoms with Gasteiger partial charge < -0.3 is 18.8 Å². The number of piperidine rings is 1. The molecule has 2 aromatic rings. The largest absolute Gasteiger partial charge is 0.472 e. The Labute approximate surface area is 153 Å². The van der Waals surface area contributed by atoms with Gasteiger partial charge in [0.15, 0.2) is 0 Å². The minimum Gasteiger partial charge on any atom is -0.472 e. The van der Waals surface area contributed by atoms with Gasteiger partial charge in [-0.05, 0) is 48.4 Å². The number of aromatic nitrogens is 1. The first kappa shape index (κ1) is 17.2. The van der Waals surface area contributed by atoms with E-state index in [0.717, 1.165) is 44.5 Å². The first-order valence-electron chi connectivity index (χ1n) is 9.14. The molecule has 0 aromatic carbocycles. The Morgan fingerprint density at radius 3 is 2.81 bits per heavy atom. The van der Waals surface area contributed by atoms with Crippen LogP contribution in [0, 0.1) is 5.41 Å². The molecule has 26 heavy (non-hydrogen) atoms. The number of rotatable bonds is 5. The van der Waals surface area contributed by atoms with Crippen molar-refractivity contribution in [2.24, 2.45) is 5.41 Å². The molecule has 2 aromatic heterocycles. The molecule has 6 nitrogen and oxygen atoms in total. The van der Waals surface area contributed by atoms with E-state index in [-0.39, 0.29) is 17.4 Å². The lowest BCUT2D eigenvalue weighted by molar-refractivity contribution is 0.00654. The highest BCUT2D eigenvalue weighted by molar-refractivity contribution is 5.93. The van der Waals surface area contributed by atoms with Gasteiger partial charge in [-0.2, -0.15) is 0 Å². The van der Waals surface area contributed by atoms with Crippen LogP contribution in [0.4, 0.5) is 0 Å². The van der Waals surface area contributed by atoms with E-state index >= 15 is 0 Å². The van der Waals surface area contributed by atoms with Gasteiger partial charge in [0.05, 0.1) is 37.8 Å². The van der Waals surface area contributed by atoms with Crippen LogP contribution in [0.2, 0.25) is 0 Å². The molecular formula is C20H24N2O4. The van der Waals surface area contributed by atoms with Crippen molar-refractivity contribution in [3.8, 4) is 0 Å². The molecule has 0 aliphatic carbocycles. The fourth-order valence-corrected chi connectivity index (χ4v) is 3.89. The maximum Gasteiger partial charge on any atom is 0.257 e. The highest BCUT2D eigenvalue weighted by Gasteiger charge is 2.43. The predicted molar refractivity (Wildman–Crippen MR) is 94.5 cm³/mol. The molecule has 6 heteroatoms. The summed E-state index contributed by atoms with van der Waals surface area (Å²) < 4.78 is 16.8. The Balaban J connectivity index is 1.23. The Bertz CT molecular complexity index is 709. The zero-order chi connectivity index (χ0) is 17.8. The van der Waals surface area contributed by atoms with Crippen molar-refractivity contribution in [3.63, 3.8) is 0 Å². The molecule has 0 radical (unpaired) electrons. The lowest BCUT2D eigenvalue weighted by Gasteiger charge is -2.38. The zero-order valence-electron chi connectivity index (χ0n) is 14.8. The molecule has 4 heterocycles. The molecule has 0 N–H and O–H groups in total.